The first-order valence-electron chi connectivity index (χ1n) is 9.86. The summed E-state index contributed by atoms with van der Waals surface area (Å²) in [5.41, 5.74) is 1.04. The molecular weight excluding hydrogens is 445 g/mol. The lowest BCUT2D eigenvalue weighted by atomic mass is 10.2. The van der Waals surface area contributed by atoms with Crippen LogP contribution in [0, 0.1) is 0 Å². The summed E-state index contributed by atoms with van der Waals surface area (Å²) in [7, 11) is 0. The first-order valence-corrected chi connectivity index (χ1v) is 10.8. The van der Waals surface area contributed by atoms with Gasteiger partial charge in [-0.05, 0) is 36.8 Å². The van der Waals surface area contributed by atoms with E-state index in [1.165, 1.54) is 40.7 Å². The van der Waals surface area contributed by atoms with Crippen molar-refractivity contribution in [1.82, 2.24) is 30.3 Å². The second kappa shape index (κ2) is 10.9. The molecule has 12 heteroatoms. The number of halogens is 3. The number of nitrogens with one attached hydrogen (secondary N) is 1. The fourth-order valence-electron chi connectivity index (χ4n) is 2.76. The molecule has 0 aliphatic heterocycles. The van der Waals surface area contributed by atoms with E-state index in [9.17, 15) is 18.0 Å². The molecule has 0 radical (unpaired) electrons. The topological polar surface area (TPSA) is 94.8 Å². The maximum Gasteiger partial charge on any atom is 0.573 e. The molecule has 0 atom stereocenters. The van der Waals surface area contributed by atoms with E-state index in [0.29, 0.717) is 23.1 Å². The van der Waals surface area contributed by atoms with Crippen LogP contribution in [-0.2, 0) is 5.75 Å². The molecule has 2 heterocycles. The standard InChI is InChI=1S/C20H21F3N6O2S/c1-2-3-4-10-24-18(30)17-16(13-32-19-25-11-5-12-26-19)29(28-27-17)14-6-8-15(9-7-14)31-20(21,22)23/h5-9,11-12H,2-4,10,13H2,1H3,(H,24,30). The van der Waals surface area contributed by atoms with Crippen LogP contribution in [-0.4, -0.2) is 43.8 Å². The highest BCUT2D eigenvalue weighted by Gasteiger charge is 2.31. The normalized spacial score (nSPS) is 11.4. The van der Waals surface area contributed by atoms with E-state index in [2.05, 4.69) is 37.3 Å². The molecule has 0 fully saturated rings. The van der Waals surface area contributed by atoms with E-state index >= 15 is 0 Å². The number of carbonyl (C=O) groups is 1. The fourth-order valence-corrected chi connectivity index (χ4v) is 3.55. The molecule has 8 nitrogen and oxygen atoms in total. The number of unbranched alkanes of at least 4 members (excludes halogenated alkanes) is 2. The van der Waals surface area contributed by atoms with Crippen molar-refractivity contribution >= 4 is 17.7 Å². The van der Waals surface area contributed by atoms with Gasteiger partial charge in [0.15, 0.2) is 10.9 Å². The smallest absolute Gasteiger partial charge is 0.406 e. The summed E-state index contributed by atoms with van der Waals surface area (Å²) < 4.78 is 42.6. The Hall–Kier alpha value is -3.15. The molecule has 3 rings (SSSR count). The summed E-state index contributed by atoms with van der Waals surface area (Å²) >= 11 is 1.29. The van der Waals surface area contributed by atoms with Crippen molar-refractivity contribution < 1.29 is 22.7 Å². The zero-order valence-electron chi connectivity index (χ0n) is 17.2. The van der Waals surface area contributed by atoms with Crippen molar-refractivity contribution in [3.63, 3.8) is 0 Å². The Morgan fingerprint density at radius 2 is 1.88 bits per heavy atom. The van der Waals surface area contributed by atoms with E-state index in [0.717, 1.165) is 19.3 Å². The van der Waals surface area contributed by atoms with Gasteiger partial charge >= 0.3 is 6.36 Å². The highest BCUT2D eigenvalue weighted by atomic mass is 32.2. The molecule has 0 saturated heterocycles. The molecular formula is C20H21F3N6O2S. The van der Waals surface area contributed by atoms with Crippen molar-refractivity contribution in [2.75, 3.05) is 6.54 Å². The number of carbonyl (C=O) groups excluding carboxylic acids is 1. The molecule has 32 heavy (non-hydrogen) atoms. The van der Waals surface area contributed by atoms with E-state index in [1.54, 1.807) is 18.5 Å². The lowest BCUT2D eigenvalue weighted by Crippen LogP contribution is -2.26. The van der Waals surface area contributed by atoms with Crippen LogP contribution in [0.3, 0.4) is 0 Å². The third-order valence-corrected chi connectivity index (χ3v) is 5.13. The number of ether oxygens (including phenoxy) is 1. The fraction of sp³-hybridized carbons (Fsp3) is 0.350. The summed E-state index contributed by atoms with van der Waals surface area (Å²) in [6, 6.07) is 6.85. The predicted molar refractivity (Wildman–Crippen MR) is 111 cm³/mol. The monoisotopic (exact) mass is 466 g/mol. The maximum atomic E-state index is 12.7. The largest absolute Gasteiger partial charge is 0.573 e. The number of benzene rings is 1. The van der Waals surface area contributed by atoms with E-state index < -0.39 is 6.36 Å². The Kier molecular flexibility index (Phi) is 8.03. The van der Waals surface area contributed by atoms with Crippen molar-refractivity contribution in [3.8, 4) is 11.4 Å². The quantitative estimate of drug-likeness (QED) is 0.272. The van der Waals surface area contributed by atoms with Crippen LogP contribution < -0.4 is 10.1 Å². The molecule has 1 amide bonds. The third-order valence-electron chi connectivity index (χ3n) is 4.24. The van der Waals surface area contributed by atoms with Crippen molar-refractivity contribution in [3.05, 3.63) is 54.1 Å². The average molecular weight is 466 g/mol. The molecule has 0 aliphatic rings. The number of nitrogens with zero attached hydrogens (tertiary/aromatic N) is 5. The van der Waals surface area contributed by atoms with Gasteiger partial charge in [-0.15, -0.1) is 18.3 Å². The van der Waals surface area contributed by atoms with E-state index in [1.807, 2.05) is 0 Å². The van der Waals surface area contributed by atoms with Gasteiger partial charge in [0.05, 0.1) is 11.4 Å². The van der Waals surface area contributed by atoms with Crippen LogP contribution in [0.15, 0.2) is 47.9 Å². The number of aromatic nitrogens is 5. The third kappa shape index (κ3) is 6.67. The van der Waals surface area contributed by atoms with Gasteiger partial charge in [0, 0.05) is 24.7 Å². The molecule has 0 bridgehead atoms. The number of rotatable bonds is 10. The van der Waals surface area contributed by atoms with Crippen molar-refractivity contribution in [2.45, 2.75) is 43.5 Å². The van der Waals surface area contributed by atoms with Crippen LogP contribution in [0.5, 0.6) is 5.75 Å². The Balaban J connectivity index is 1.84. The van der Waals surface area contributed by atoms with Crippen molar-refractivity contribution in [1.29, 1.82) is 0 Å². The molecule has 1 N–H and O–H groups in total. The number of thioether (sulfide) groups is 1. The molecule has 170 valence electrons. The van der Waals surface area contributed by atoms with Crippen LogP contribution in [0.1, 0.15) is 42.4 Å². The molecule has 1 aromatic carbocycles. The molecule has 0 saturated carbocycles. The first kappa shape index (κ1) is 23.5. The zero-order valence-corrected chi connectivity index (χ0v) is 18.0. The number of amides is 1. The molecule has 0 spiro atoms. The summed E-state index contributed by atoms with van der Waals surface area (Å²) in [6.07, 6.45) is 1.29. The Bertz CT molecular complexity index is 1010. The summed E-state index contributed by atoms with van der Waals surface area (Å²) in [6.45, 7) is 2.58. The zero-order chi connectivity index (χ0) is 23.0. The van der Waals surface area contributed by atoms with Gasteiger partial charge in [0.2, 0.25) is 0 Å². The number of hydrogen-bond donors (Lipinski definition) is 1. The second-order valence-electron chi connectivity index (χ2n) is 6.62. The predicted octanol–water partition coefficient (Wildman–Crippen LogP) is 4.17. The van der Waals surface area contributed by atoms with Crippen molar-refractivity contribution in [2.24, 2.45) is 0 Å². The SMILES string of the molecule is CCCCCNC(=O)c1nnn(-c2ccc(OC(F)(F)F)cc2)c1CSc1ncccn1. The molecule has 0 aliphatic carbocycles. The summed E-state index contributed by atoms with van der Waals surface area (Å²) in [5.74, 6) is -0.451. The lowest BCUT2D eigenvalue weighted by molar-refractivity contribution is -0.274. The Labute approximate surface area is 186 Å². The molecule has 3 aromatic rings. The van der Waals surface area contributed by atoms with Gasteiger partial charge in [-0.3, -0.25) is 4.79 Å². The first-order chi connectivity index (χ1) is 15.4. The van der Waals surface area contributed by atoms with Gasteiger partial charge < -0.3 is 10.1 Å². The minimum absolute atomic E-state index is 0.139. The van der Waals surface area contributed by atoms with Crippen LogP contribution >= 0.6 is 11.8 Å². The highest BCUT2D eigenvalue weighted by molar-refractivity contribution is 7.98. The van der Waals surface area contributed by atoms with E-state index in [-0.39, 0.29) is 23.1 Å². The molecule has 2 aromatic heterocycles. The van der Waals surface area contributed by atoms with E-state index in [4.69, 9.17) is 0 Å². The molecule has 0 unspecified atom stereocenters. The minimum atomic E-state index is -4.78. The van der Waals surface area contributed by atoms with Gasteiger partial charge in [-0.2, -0.15) is 0 Å². The second-order valence-corrected chi connectivity index (χ2v) is 7.56. The summed E-state index contributed by atoms with van der Waals surface area (Å²) in [4.78, 5) is 21.0. The van der Waals surface area contributed by atoms with Gasteiger partial charge in [0.25, 0.3) is 5.91 Å². The Morgan fingerprint density at radius 1 is 1.16 bits per heavy atom. The van der Waals surface area contributed by atoms with Crippen LogP contribution in [0.2, 0.25) is 0 Å². The van der Waals surface area contributed by atoms with Crippen LogP contribution in [0.25, 0.3) is 5.69 Å². The van der Waals surface area contributed by atoms with Gasteiger partial charge in [-0.25, -0.2) is 14.6 Å². The average Bonchev–Trinajstić information content (AvgIpc) is 3.19. The van der Waals surface area contributed by atoms with Gasteiger partial charge in [-0.1, -0.05) is 36.7 Å². The minimum Gasteiger partial charge on any atom is -0.406 e. The lowest BCUT2D eigenvalue weighted by Gasteiger charge is -2.11. The summed E-state index contributed by atoms with van der Waals surface area (Å²) in [5, 5.41) is 11.4. The number of hydrogen-bond acceptors (Lipinski definition) is 7. The van der Waals surface area contributed by atoms with Gasteiger partial charge in [0.1, 0.15) is 5.75 Å². The highest BCUT2D eigenvalue weighted by Crippen LogP contribution is 2.26. The number of alkyl halides is 3. The maximum absolute atomic E-state index is 12.7. The van der Waals surface area contributed by atoms with Crippen LogP contribution in [0.4, 0.5) is 13.2 Å². The Morgan fingerprint density at radius 3 is 2.53 bits per heavy atom.